The summed E-state index contributed by atoms with van der Waals surface area (Å²) in [6.07, 6.45) is 1.69. The molecule has 0 bridgehead atoms. The third-order valence-corrected chi connectivity index (χ3v) is 7.83. The lowest BCUT2D eigenvalue weighted by Gasteiger charge is -2.27. The van der Waals surface area contributed by atoms with Crippen molar-refractivity contribution in [2.24, 2.45) is 0 Å². The molecule has 1 aromatic heterocycles. The van der Waals surface area contributed by atoms with Crippen LogP contribution in [-0.4, -0.2) is 63.2 Å². The number of rotatable bonds is 14. The smallest absolute Gasteiger partial charge is 0.239 e. The maximum Gasteiger partial charge on any atom is 0.239 e. The van der Waals surface area contributed by atoms with E-state index >= 15 is 0 Å². The summed E-state index contributed by atoms with van der Waals surface area (Å²) in [5.74, 6) is 0.960. The van der Waals surface area contributed by atoms with E-state index < -0.39 is 15.4 Å². The Balaban J connectivity index is 1.66. The highest BCUT2D eigenvalue weighted by molar-refractivity contribution is 7.92. The van der Waals surface area contributed by atoms with E-state index in [0.29, 0.717) is 45.9 Å². The van der Waals surface area contributed by atoms with Crippen molar-refractivity contribution < 1.29 is 22.7 Å². The molecule has 0 unspecified atom stereocenters. The second-order valence-corrected chi connectivity index (χ2v) is 12.9. The molecule has 0 aliphatic carbocycles. The zero-order valence-corrected chi connectivity index (χ0v) is 26.7. The molecular formula is C31H31Cl2N5O5S. The number of benzene rings is 3. The van der Waals surface area contributed by atoms with E-state index in [2.05, 4.69) is 39.9 Å². The minimum atomic E-state index is -3.60. The summed E-state index contributed by atoms with van der Waals surface area (Å²) >= 11 is 12.3. The van der Waals surface area contributed by atoms with Crippen LogP contribution < -0.4 is 14.8 Å². The van der Waals surface area contributed by atoms with Crippen molar-refractivity contribution in [3.05, 3.63) is 76.3 Å². The Morgan fingerprint density at radius 2 is 1.75 bits per heavy atom. The van der Waals surface area contributed by atoms with E-state index in [1.807, 2.05) is 42.5 Å². The highest BCUT2D eigenvalue weighted by Crippen LogP contribution is 2.39. The van der Waals surface area contributed by atoms with Gasteiger partial charge in [-0.2, -0.15) is 10.2 Å². The SMILES string of the molecule is CC(C)(c1ccc(-c2ccc3nc(NS(C)(=O)=O)nc(NCCOCC=O)c3c2)cc1)c1cc(Cl)c(OCCCl)c(C#N)c1. The first-order chi connectivity index (χ1) is 21.0. The van der Waals surface area contributed by atoms with Crippen molar-refractivity contribution in [3.8, 4) is 22.9 Å². The van der Waals surface area contributed by atoms with Crippen LogP contribution in [0.5, 0.6) is 5.75 Å². The number of ether oxygens (including phenoxy) is 2. The highest BCUT2D eigenvalue weighted by Gasteiger charge is 2.26. The van der Waals surface area contributed by atoms with Crippen LogP contribution in [0.2, 0.25) is 5.02 Å². The molecule has 4 aromatic rings. The number of carbonyl (C=O) groups is 1. The van der Waals surface area contributed by atoms with E-state index in [4.69, 9.17) is 32.7 Å². The fourth-order valence-electron chi connectivity index (χ4n) is 4.60. The molecular weight excluding hydrogens is 625 g/mol. The number of halogens is 2. The van der Waals surface area contributed by atoms with Crippen molar-refractivity contribution in [1.29, 1.82) is 5.26 Å². The standard InChI is InChI=1S/C31H31Cl2N5O5S/c1-31(2,24-16-22(19-34)28(26(33)18-24)43-13-10-32)23-7-4-20(5-8-23)21-6-9-27-25(17-21)29(35-11-14-42-15-12-39)37-30(36-27)38-44(3,40)41/h4-9,12,16-18H,10-11,13-15H2,1-3H3,(H2,35,36,37,38). The van der Waals surface area contributed by atoms with Crippen LogP contribution in [0, 0.1) is 11.3 Å². The number of fused-ring (bicyclic) bond motifs is 1. The van der Waals surface area contributed by atoms with Crippen LogP contribution in [0.15, 0.2) is 54.6 Å². The number of carbonyl (C=O) groups excluding carboxylic acids is 1. The van der Waals surface area contributed by atoms with Crippen molar-refractivity contribution in [2.75, 3.05) is 48.5 Å². The number of nitriles is 1. The van der Waals surface area contributed by atoms with Crippen molar-refractivity contribution >= 4 is 62.2 Å². The van der Waals surface area contributed by atoms with Crippen LogP contribution >= 0.6 is 23.2 Å². The maximum atomic E-state index is 11.8. The molecule has 1 heterocycles. The van der Waals surface area contributed by atoms with Crippen molar-refractivity contribution in [3.63, 3.8) is 0 Å². The van der Waals surface area contributed by atoms with Gasteiger partial charge in [0.25, 0.3) is 0 Å². The zero-order valence-electron chi connectivity index (χ0n) is 24.4. The normalized spacial score (nSPS) is 11.6. The molecule has 0 fully saturated rings. The number of alkyl halides is 1. The van der Waals surface area contributed by atoms with Crippen LogP contribution in [0.3, 0.4) is 0 Å². The fourth-order valence-corrected chi connectivity index (χ4v) is 5.37. The van der Waals surface area contributed by atoms with Gasteiger partial charge in [-0.05, 0) is 46.5 Å². The van der Waals surface area contributed by atoms with Gasteiger partial charge < -0.3 is 19.6 Å². The number of nitrogens with zero attached hydrogens (tertiary/aromatic N) is 3. The monoisotopic (exact) mass is 655 g/mol. The van der Waals surface area contributed by atoms with Crippen LogP contribution in [0.1, 0.15) is 30.5 Å². The second-order valence-electron chi connectivity index (χ2n) is 10.4. The maximum absolute atomic E-state index is 11.8. The summed E-state index contributed by atoms with van der Waals surface area (Å²) in [5, 5.41) is 13.9. The second kappa shape index (κ2) is 14.2. The molecule has 0 saturated carbocycles. The largest absolute Gasteiger partial charge is 0.489 e. The first-order valence-corrected chi connectivity index (χ1v) is 16.4. The lowest BCUT2D eigenvalue weighted by Crippen LogP contribution is -2.19. The summed E-state index contributed by atoms with van der Waals surface area (Å²) in [4.78, 5) is 19.3. The Labute approximate surface area is 266 Å². The van der Waals surface area contributed by atoms with Crippen molar-refractivity contribution in [1.82, 2.24) is 9.97 Å². The lowest BCUT2D eigenvalue weighted by atomic mass is 9.77. The number of anilines is 2. The molecule has 3 aromatic carbocycles. The molecule has 0 saturated heterocycles. The Kier molecular flexibility index (Phi) is 10.7. The number of hydrogen-bond acceptors (Lipinski definition) is 9. The summed E-state index contributed by atoms with van der Waals surface area (Å²) < 4.78 is 36.8. The highest BCUT2D eigenvalue weighted by atomic mass is 35.5. The van der Waals surface area contributed by atoms with Crippen LogP contribution in [-0.2, 0) is 25.0 Å². The van der Waals surface area contributed by atoms with Gasteiger partial charge in [0.15, 0.2) is 5.75 Å². The number of aromatic nitrogens is 2. The van der Waals surface area contributed by atoms with Crippen LogP contribution in [0.4, 0.5) is 11.8 Å². The Morgan fingerprint density at radius 3 is 2.41 bits per heavy atom. The summed E-state index contributed by atoms with van der Waals surface area (Å²) in [5.41, 5.74) is 4.09. The van der Waals surface area contributed by atoms with E-state index in [0.717, 1.165) is 28.5 Å². The first-order valence-electron chi connectivity index (χ1n) is 13.6. The fraction of sp³-hybridized carbons (Fsp3) is 0.290. The Bertz CT molecular complexity index is 1810. The van der Waals surface area contributed by atoms with Gasteiger partial charge in [-0.1, -0.05) is 55.8 Å². The van der Waals surface area contributed by atoms with Gasteiger partial charge >= 0.3 is 0 Å². The molecule has 2 N–H and O–H groups in total. The average Bonchev–Trinajstić information content (AvgIpc) is 2.99. The number of nitrogens with one attached hydrogen (secondary N) is 2. The minimum Gasteiger partial charge on any atom is -0.489 e. The first kappa shape index (κ1) is 33.0. The van der Waals surface area contributed by atoms with E-state index in [1.165, 1.54) is 0 Å². The number of aldehydes is 1. The molecule has 13 heteroatoms. The van der Waals surface area contributed by atoms with Gasteiger partial charge in [-0.15, -0.1) is 11.6 Å². The van der Waals surface area contributed by atoms with E-state index in [1.54, 1.807) is 12.1 Å². The number of hydrogen-bond donors (Lipinski definition) is 2. The topological polar surface area (TPSA) is 143 Å². The molecule has 0 aliphatic heterocycles. The van der Waals surface area contributed by atoms with Crippen molar-refractivity contribution in [2.45, 2.75) is 19.3 Å². The molecule has 44 heavy (non-hydrogen) atoms. The van der Waals surface area contributed by atoms with Gasteiger partial charge in [-0.25, -0.2) is 13.4 Å². The quantitative estimate of drug-likeness (QED) is 0.0983. The van der Waals surface area contributed by atoms with E-state index in [9.17, 15) is 18.5 Å². The van der Waals surface area contributed by atoms with Gasteiger partial charge in [0.1, 0.15) is 31.4 Å². The number of sulfonamides is 1. The van der Waals surface area contributed by atoms with Gasteiger partial charge in [0, 0.05) is 17.3 Å². The summed E-state index contributed by atoms with van der Waals surface area (Å²) in [7, 11) is -3.60. The van der Waals surface area contributed by atoms with Gasteiger partial charge in [0.2, 0.25) is 16.0 Å². The third-order valence-electron chi connectivity index (χ3n) is 6.85. The Hall–Kier alpha value is -3.95. The minimum absolute atomic E-state index is 0.0230. The third kappa shape index (κ3) is 7.95. The summed E-state index contributed by atoms with van der Waals surface area (Å²) in [6.45, 7) is 4.92. The molecule has 0 aliphatic rings. The molecule has 0 spiro atoms. The predicted molar refractivity (Wildman–Crippen MR) is 173 cm³/mol. The average molecular weight is 657 g/mol. The summed E-state index contributed by atoms with van der Waals surface area (Å²) in [6, 6.07) is 19.5. The molecule has 0 radical (unpaired) electrons. The Morgan fingerprint density at radius 1 is 1.02 bits per heavy atom. The molecule has 4 rings (SSSR count). The van der Waals surface area contributed by atoms with Crippen LogP contribution in [0.25, 0.3) is 22.0 Å². The van der Waals surface area contributed by atoms with Gasteiger partial charge in [-0.3, -0.25) is 4.72 Å². The molecule has 0 atom stereocenters. The lowest BCUT2D eigenvalue weighted by molar-refractivity contribution is -0.111. The van der Waals surface area contributed by atoms with E-state index in [-0.39, 0.29) is 31.6 Å². The predicted octanol–water partition coefficient (Wildman–Crippen LogP) is 5.76. The molecule has 230 valence electrons. The molecule has 0 amide bonds. The van der Waals surface area contributed by atoms with Gasteiger partial charge in [0.05, 0.1) is 34.8 Å². The zero-order chi connectivity index (χ0) is 31.9. The molecule has 10 nitrogen and oxygen atoms in total.